The summed E-state index contributed by atoms with van der Waals surface area (Å²) in [6, 6.07) is 34.0. The van der Waals surface area contributed by atoms with E-state index in [-0.39, 0.29) is 48.5 Å². The molecule has 9 rings (SSSR count). The van der Waals surface area contributed by atoms with Gasteiger partial charge in [-0.2, -0.15) is 0 Å². The van der Waals surface area contributed by atoms with Crippen molar-refractivity contribution in [3.8, 4) is 44.9 Å². The summed E-state index contributed by atoms with van der Waals surface area (Å²) in [7, 11) is 1.31. The van der Waals surface area contributed by atoms with Crippen LogP contribution >= 0.6 is 0 Å². The van der Waals surface area contributed by atoms with Gasteiger partial charge in [0, 0.05) is 25.3 Å². The minimum atomic E-state index is -1.54. The van der Waals surface area contributed by atoms with Crippen LogP contribution in [0.3, 0.4) is 0 Å². The highest BCUT2D eigenvalue weighted by Gasteiger charge is 2.52. The van der Waals surface area contributed by atoms with E-state index < -0.39 is 132 Å². The fourth-order valence-corrected chi connectivity index (χ4v) is 11.1. The van der Waals surface area contributed by atoms with Gasteiger partial charge in [0.05, 0.1) is 46.1 Å². The number of fused-ring (bicyclic) bond motifs is 10. The molecule has 21 nitrogen and oxygen atoms in total. The molecule has 3 N–H and O–H groups in total. The Bertz CT molecular complexity index is 3860. The van der Waals surface area contributed by atoms with E-state index in [2.05, 4.69) is 19.7 Å². The molecule has 6 unspecified atom stereocenters. The van der Waals surface area contributed by atoms with Crippen LogP contribution in [0.2, 0.25) is 0 Å². The number of carboxylic acids is 3. The number of aliphatic carboxylic acids is 1. The molecule has 0 saturated heterocycles. The van der Waals surface area contributed by atoms with Gasteiger partial charge in [0.25, 0.3) is 0 Å². The molecule has 0 aliphatic heterocycles. The quantitative estimate of drug-likeness (QED) is 0.0187. The highest BCUT2D eigenvalue weighted by molar-refractivity contribution is 6.05. The van der Waals surface area contributed by atoms with Crippen molar-refractivity contribution < 1.29 is 101 Å². The maximum atomic E-state index is 14.3. The summed E-state index contributed by atoms with van der Waals surface area (Å²) in [6.07, 6.45) is 2.79. The first-order valence-corrected chi connectivity index (χ1v) is 27.8. The lowest BCUT2D eigenvalue weighted by Gasteiger charge is -2.31. The van der Waals surface area contributed by atoms with Crippen LogP contribution in [0.4, 0.5) is 0 Å². The summed E-state index contributed by atoms with van der Waals surface area (Å²) in [6.45, 7) is 7.81. The predicted octanol–water partition coefficient (Wildman–Crippen LogP) is 9.01. The number of hydrogen-bond donors (Lipinski definition) is 3. The molecule has 21 heteroatoms. The molecule has 3 aliphatic rings. The Hall–Kier alpha value is -10.9. The van der Waals surface area contributed by atoms with Crippen molar-refractivity contribution >= 4 is 53.7 Å². The Morgan fingerprint density at radius 2 is 0.899 bits per heavy atom. The number of rotatable bonds is 27. The van der Waals surface area contributed by atoms with E-state index >= 15 is 0 Å². The van der Waals surface area contributed by atoms with Gasteiger partial charge in [-0.05, 0) is 117 Å². The van der Waals surface area contributed by atoms with Crippen molar-refractivity contribution in [2.45, 2.75) is 36.6 Å². The monoisotopic (exact) mass is 1210 g/mol. The van der Waals surface area contributed by atoms with Crippen LogP contribution < -0.4 is 9.47 Å². The van der Waals surface area contributed by atoms with E-state index in [0.717, 1.165) is 87.0 Å². The molecule has 0 bridgehead atoms. The second-order valence-corrected chi connectivity index (χ2v) is 20.6. The first-order valence-electron chi connectivity index (χ1n) is 27.8. The van der Waals surface area contributed by atoms with Gasteiger partial charge in [-0.3, -0.25) is 9.59 Å². The molecule has 1 spiro atoms. The third kappa shape index (κ3) is 13.4. The molecule has 3 aliphatic carbocycles. The summed E-state index contributed by atoms with van der Waals surface area (Å²) < 4.78 is 50.6. The summed E-state index contributed by atoms with van der Waals surface area (Å²) in [5.74, 6) is -11.1. The first kappa shape index (κ1) is 62.6. The summed E-state index contributed by atoms with van der Waals surface area (Å²) in [5, 5.41) is 30.4. The van der Waals surface area contributed by atoms with Gasteiger partial charge in [0.15, 0.2) is 18.3 Å². The van der Waals surface area contributed by atoms with Crippen molar-refractivity contribution in [1.82, 2.24) is 0 Å². The highest BCUT2D eigenvalue weighted by atomic mass is 16.6. The van der Waals surface area contributed by atoms with Gasteiger partial charge in [-0.15, -0.1) is 0 Å². The Morgan fingerprint density at radius 1 is 0.472 bits per heavy atom. The lowest BCUT2D eigenvalue weighted by Crippen LogP contribution is -2.37. The number of carbonyl (C=O) groups is 9. The molecule has 89 heavy (non-hydrogen) atoms. The number of esters is 6. The SMILES string of the molecule is C=CC(=O)OCC(COC)OC(=O)c1ccc(-c2ccc(C(=O)O)c(C(=O)OC(COC(=O)C=C)COc3ccc4c(c3)C3(c5ccccc5-4)c4ccccc4-c4ccc(OCC(COC(=O)C=C)OC(=O)C5CC=CCC5C(=O)O)cc43)c2)cc1C(=O)O. The largest absolute Gasteiger partial charge is 0.490 e. The van der Waals surface area contributed by atoms with Crippen LogP contribution in [-0.4, -0.2) is 134 Å². The predicted molar refractivity (Wildman–Crippen MR) is 316 cm³/mol. The number of ether oxygens (including phenoxy) is 9. The van der Waals surface area contributed by atoms with Gasteiger partial charge >= 0.3 is 53.7 Å². The van der Waals surface area contributed by atoms with Crippen LogP contribution in [0.15, 0.2) is 171 Å². The molecule has 0 amide bonds. The van der Waals surface area contributed by atoms with Gasteiger partial charge in [0.1, 0.15) is 44.5 Å². The zero-order valence-electron chi connectivity index (χ0n) is 47.8. The van der Waals surface area contributed by atoms with Gasteiger partial charge in [0.2, 0.25) is 0 Å². The summed E-state index contributed by atoms with van der Waals surface area (Å²) in [5.41, 5.74) is 4.31. The van der Waals surface area contributed by atoms with E-state index in [9.17, 15) is 58.5 Å². The Morgan fingerprint density at radius 3 is 1.37 bits per heavy atom. The first-order chi connectivity index (χ1) is 42.9. The van der Waals surface area contributed by atoms with Crippen LogP contribution in [0.1, 0.15) is 76.5 Å². The average molecular weight is 1210 g/mol. The molecular weight excluding hydrogens is 1150 g/mol. The second-order valence-electron chi connectivity index (χ2n) is 20.6. The number of benzene rings is 6. The maximum absolute atomic E-state index is 14.3. The van der Waals surface area contributed by atoms with Crippen molar-refractivity contribution in [3.63, 3.8) is 0 Å². The fourth-order valence-electron chi connectivity index (χ4n) is 11.1. The molecular formula is C68H58O21. The highest BCUT2D eigenvalue weighted by Crippen LogP contribution is 2.63. The topological polar surface area (TPSA) is 297 Å². The van der Waals surface area contributed by atoms with E-state index in [1.807, 2.05) is 72.8 Å². The standard InChI is InChI=1S/C68H58O21/c1-5-59(69)84-35-42(32-81-4)87-66(79)52-25-21-38(28-53(52)64(76)77)39-20-24-50(63(74)75)54(29-39)67(80)89-44(37-86-61(71)7-3)34-83-41-23-27-48-46-15-11-13-19-56(46)68(58(48)31-41)55-18-12-10-14-45(55)47-26-22-40(30-57(47)68)82-33-43(36-85-60(70)6-2)88-65(78)51-17-9-8-16-49(51)62(72)73/h5-15,18-31,42-44,49,51H,1-3,16-17,32-37H2,4H3,(H,72,73)(H,74,75)(H,76,77). The molecule has 0 saturated carbocycles. The molecule has 0 heterocycles. The summed E-state index contributed by atoms with van der Waals surface area (Å²) >= 11 is 0. The van der Waals surface area contributed by atoms with E-state index in [1.165, 1.54) is 19.2 Å². The number of methoxy groups -OCH3 is 1. The zero-order chi connectivity index (χ0) is 63.5. The van der Waals surface area contributed by atoms with Crippen molar-refractivity contribution in [2.24, 2.45) is 11.8 Å². The number of hydrogen-bond acceptors (Lipinski definition) is 18. The van der Waals surface area contributed by atoms with Crippen LogP contribution in [0.25, 0.3) is 33.4 Å². The normalized spacial score (nSPS) is 16.5. The summed E-state index contributed by atoms with van der Waals surface area (Å²) in [4.78, 5) is 115. The van der Waals surface area contributed by atoms with Crippen LogP contribution in [-0.2, 0) is 62.5 Å². The number of carbonyl (C=O) groups excluding carboxylic acids is 6. The van der Waals surface area contributed by atoms with E-state index in [1.54, 1.807) is 24.3 Å². The minimum absolute atomic E-state index is 0.132. The maximum Gasteiger partial charge on any atom is 0.339 e. The third-order valence-electron chi connectivity index (χ3n) is 15.1. The molecule has 0 aromatic heterocycles. The Balaban J connectivity index is 1.00. The second kappa shape index (κ2) is 27.6. The minimum Gasteiger partial charge on any atom is -0.490 e. The van der Waals surface area contributed by atoms with Gasteiger partial charge in [-0.25, -0.2) is 33.6 Å². The molecule has 456 valence electrons. The van der Waals surface area contributed by atoms with Gasteiger partial charge < -0.3 is 58.0 Å². The van der Waals surface area contributed by atoms with E-state index in [0.29, 0.717) is 5.75 Å². The fraction of sp³-hybridized carbons (Fsp3) is 0.221. The molecule has 0 fully saturated rings. The zero-order valence-corrected chi connectivity index (χ0v) is 47.8. The lowest BCUT2D eigenvalue weighted by molar-refractivity contribution is -0.167. The number of carboxylic acid groups (broad SMARTS) is 3. The van der Waals surface area contributed by atoms with E-state index in [4.69, 9.17) is 42.6 Å². The van der Waals surface area contributed by atoms with Crippen molar-refractivity contribution in [3.05, 3.63) is 216 Å². The number of aromatic carboxylic acids is 2. The Labute approximate surface area is 508 Å². The van der Waals surface area contributed by atoms with Crippen LogP contribution in [0, 0.1) is 11.8 Å². The van der Waals surface area contributed by atoms with Crippen LogP contribution in [0.5, 0.6) is 11.5 Å². The smallest absolute Gasteiger partial charge is 0.339 e. The van der Waals surface area contributed by atoms with Crippen molar-refractivity contribution in [1.29, 1.82) is 0 Å². The lowest BCUT2D eigenvalue weighted by atomic mass is 9.70. The Kier molecular flexibility index (Phi) is 19.4. The molecule has 0 radical (unpaired) electrons. The van der Waals surface area contributed by atoms with Gasteiger partial charge in [-0.1, -0.05) is 105 Å². The average Bonchev–Trinajstić information content (AvgIpc) is 1.52. The van der Waals surface area contributed by atoms with Crippen molar-refractivity contribution in [2.75, 3.05) is 46.8 Å². The molecule has 6 atom stereocenters. The molecule has 6 aromatic rings. The molecule has 6 aromatic carbocycles. The number of allylic oxidation sites excluding steroid dienone is 2. The third-order valence-corrected chi connectivity index (χ3v) is 15.1.